The lowest BCUT2D eigenvalue weighted by molar-refractivity contribution is -0.141. The number of carbonyl (C=O) groups is 1. The van der Waals surface area contributed by atoms with Crippen LogP contribution in [0.4, 0.5) is 4.39 Å². The number of para-hydroxylation sites is 1. The number of hydrogen-bond acceptors (Lipinski definition) is 3. The molecule has 2 aliphatic rings. The zero-order valence-corrected chi connectivity index (χ0v) is 15.8. The van der Waals surface area contributed by atoms with Gasteiger partial charge in [0.15, 0.2) is 0 Å². The van der Waals surface area contributed by atoms with Crippen LogP contribution in [-0.2, 0) is 9.53 Å². The second-order valence-corrected chi connectivity index (χ2v) is 7.56. The highest BCUT2D eigenvalue weighted by Gasteiger charge is 2.29. The Kier molecular flexibility index (Phi) is 4.47. The van der Waals surface area contributed by atoms with Gasteiger partial charge in [-0.1, -0.05) is 42.5 Å². The van der Waals surface area contributed by atoms with Gasteiger partial charge in [0, 0.05) is 34.9 Å². The highest BCUT2D eigenvalue weighted by atomic mass is 19.1. The van der Waals surface area contributed by atoms with Gasteiger partial charge in [0.05, 0.1) is 11.2 Å². The number of nitrogens with zero attached hydrogens (tertiary/aromatic N) is 1. The number of aromatic nitrogens is 1. The van der Waals surface area contributed by atoms with Crippen molar-refractivity contribution in [2.45, 2.75) is 31.3 Å². The molecule has 2 aromatic carbocycles. The van der Waals surface area contributed by atoms with Gasteiger partial charge in [-0.25, -0.2) is 9.18 Å². The summed E-state index contributed by atoms with van der Waals surface area (Å²) in [6.07, 6.45) is 9.88. The number of pyridine rings is 1. The van der Waals surface area contributed by atoms with Gasteiger partial charge in [0.1, 0.15) is 11.9 Å². The number of rotatable bonds is 4. The van der Waals surface area contributed by atoms with Gasteiger partial charge in [-0.05, 0) is 42.7 Å². The molecule has 0 spiro atoms. The molecule has 1 aliphatic heterocycles. The Hall–Kier alpha value is -3.27. The van der Waals surface area contributed by atoms with Crippen molar-refractivity contribution in [3.63, 3.8) is 0 Å². The first kappa shape index (κ1) is 17.8. The van der Waals surface area contributed by atoms with Crippen LogP contribution in [0.3, 0.4) is 0 Å². The summed E-state index contributed by atoms with van der Waals surface area (Å²) in [6.45, 7) is 0. The largest absolute Gasteiger partial charge is 0.455 e. The molecule has 1 unspecified atom stereocenters. The summed E-state index contributed by atoms with van der Waals surface area (Å²) in [5, 5.41) is 1.03. The molecule has 1 atom stereocenters. The second-order valence-electron chi connectivity index (χ2n) is 7.56. The number of ether oxygens (including phenoxy) is 1. The highest BCUT2D eigenvalue weighted by Crippen LogP contribution is 2.45. The molecule has 29 heavy (non-hydrogen) atoms. The van der Waals surface area contributed by atoms with E-state index in [-0.39, 0.29) is 17.9 Å². The van der Waals surface area contributed by atoms with Gasteiger partial charge in [-0.15, -0.1) is 0 Å². The second kappa shape index (κ2) is 7.28. The van der Waals surface area contributed by atoms with Crippen molar-refractivity contribution in [1.29, 1.82) is 0 Å². The maximum atomic E-state index is 13.6. The molecule has 5 rings (SSSR count). The molecule has 0 amide bonds. The molecule has 2 heterocycles. The quantitative estimate of drug-likeness (QED) is 0.533. The summed E-state index contributed by atoms with van der Waals surface area (Å²) in [5.41, 5.74) is 5.04. The SMILES string of the molecule is O=C1C=CCC(/C=C/c2c(C3CC3)nc3ccccc3c2-c2ccc(F)cc2)O1. The molecule has 0 N–H and O–H groups in total. The number of fused-ring (bicyclic) bond motifs is 1. The topological polar surface area (TPSA) is 39.2 Å². The summed E-state index contributed by atoms with van der Waals surface area (Å²) in [6, 6.07) is 14.7. The first-order valence-electron chi connectivity index (χ1n) is 9.93. The molecule has 4 heteroatoms. The molecule has 144 valence electrons. The van der Waals surface area contributed by atoms with Crippen molar-refractivity contribution in [1.82, 2.24) is 4.98 Å². The van der Waals surface area contributed by atoms with Crippen molar-refractivity contribution >= 4 is 22.9 Å². The zero-order valence-electron chi connectivity index (χ0n) is 15.8. The van der Waals surface area contributed by atoms with Crippen LogP contribution < -0.4 is 0 Å². The van der Waals surface area contributed by atoms with Crippen LogP contribution in [0.5, 0.6) is 0 Å². The van der Waals surface area contributed by atoms with Crippen LogP contribution in [0.1, 0.15) is 36.4 Å². The van der Waals surface area contributed by atoms with E-state index in [2.05, 4.69) is 6.07 Å². The number of hydrogen-bond donors (Lipinski definition) is 0. The fourth-order valence-corrected chi connectivity index (χ4v) is 3.87. The van der Waals surface area contributed by atoms with Crippen LogP contribution in [-0.4, -0.2) is 17.1 Å². The number of esters is 1. The zero-order chi connectivity index (χ0) is 19.8. The number of carbonyl (C=O) groups excluding carboxylic acids is 1. The van der Waals surface area contributed by atoms with E-state index in [0.717, 1.165) is 46.1 Å². The van der Waals surface area contributed by atoms with Gasteiger partial charge in [-0.2, -0.15) is 0 Å². The normalized spacial score (nSPS) is 19.1. The Morgan fingerprint density at radius 3 is 2.62 bits per heavy atom. The lowest BCUT2D eigenvalue weighted by Gasteiger charge is -2.17. The fraction of sp³-hybridized carbons (Fsp3) is 0.200. The van der Waals surface area contributed by atoms with Gasteiger partial charge < -0.3 is 4.74 Å². The van der Waals surface area contributed by atoms with Crippen molar-refractivity contribution < 1.29 is 13.9 Å². The lowest BCUT2D eigenvalue weighted by Crippen LogP contribution is -2.17. The molecule has 0 radical (unpaired) electrons. The van der Waals surface area contributed by atoms with E-state index >= 15 is 0 Å². The molecule has 1 aliphatic carbocycles. The van der Waals surface area contributed by atoms with Crippen molar-refractivity contribution in [2.24, 2.45) is 0 Å². The summed E-state index contributed by atoms with van der Waals surface area (Å²) in [4.78, 5) is 16.5. The molecular formula is C25H20FNO2. The van der Waals surface area contributed by atoms with Crippen molar-refractivity contribution in [2.75, 3.05) is 0 Å². The maximum Gasteiger partial charge on any atom is 0.331 e. The van der Waals surface area contributed by atoms with Gasteiger partial charge in [0.2, 0.25) is 0 Å². The van der Waals surface area contributed by atoms with Crippen LogP contribution in [0, 0.1) is 5.82 Å². The van der Waals surface area contributed by atoms with E-state index in [0.29, 0.717) is 12.3 Å². The Balaban J connectivity index is 1.70. The van der Waals surface area contributed by atoms with E-state index in [4.69, 9.17) is 9.72 Å². The van der Waals surface area contributed by atoms with Crippen LogP contribution in [0.15, 0.2) is 66.8 Å². The Bertz CT molecular complexity index is 1140. The maximum absolute atomic E-state index is 13.6. The predicted octanol–water partition coefficient (Wildman–Crippen LogP) is 5.80. The lowest BCUT2D eigenvalue weighted by atomic mass is 9.92. The first-order chi connectivity index (χ1) is 14.2. The Morgan fingerprint density at radius 1 is 1.07 bits per heavy atom. The van der Waals surface area contributed by atoms with E-state index < -0.39 is 0 Å². The first-order valence-corrected chi connectivity index (χ1v) is 9.93. The van der Waals surface area contributed by atoms with E-state index in [9.17, 15) is 9.18 Å². The number of benzene rings is 2. The van der Waals surface area contributed by atoms with Crippen LogP contribution in [0.25, 0.3) is 28.1 Å². The van der Waals surface area contributed by atoms with E-state index in [1.807, 2.05) is 48.6 Å². The minimum Gasteiger partial charge on any atom is -0.455 e. The molecule has 3 nitrogen and oxygen atoms in total. The fourth-order valence-electron chi connectivity index (χ4n) is 3.87. The summed E-state index contributed by atoms with van der Waals surface area (Å²) in [7, 11) is 0. The average Bonchev–Trinajstić information content (AvgIpc) is 3.57. The molecule has 0 bridgehead atoms. The third kappa shape index (κ3) is 3.58. The summed E-state index contributed by atoms with van der Waals surface area (Å²) >= 11 is 0. The molecule has 1 fully saturated rings. The minimum atomic E-state index is -0.316. The minimum absolute atomic E-state index is 0.257. The number of cyclic esters (lactones) is 1. The van der Waals surface area contributed by atoms with Gasteiger partial charge >= 0.3 is 5.97 Å². The molecule has 3 aromatic rings. The standard InChI is InChI=1S/C25H20FNO2/c26-18-12-10-16(11-13-18)24-20-5-1-2-6-22(20)27-25(17-8-9-17)21(24)15-14-19-4-3-7-23(28)29-19/h1-3,5-7,10-15,17,19H,4,8-9H2/b15-14+. The molecule has 1 aromatic heterocycles. The third-order valence-electron chi connectivity index (χ3n) is 5.42. The summed E-state index contributed by atoms with van der Waals surface area (Å²) in [5.74, 6) is -0.136. The average molecular weight is 385 g/mol. The van der Waals surface area contributed by atoms with E-state index in [1.165, 1.54) is 18.2 Å². The molecule has 0 saturated heterocycles. The predicted molar refractivity (Wildman–Crippen MR) is 112 cm³/mol. The smallest absolute Gasteiger partial charge is 0.331 e. The van der Waals surface area contributed by atoms with Crippen LogP contribution >= 0.6 is 0 Å². The van der Waals surface area contributed by atoms with E-state index in [1.54, 1.807) is 0 Å². The molecule has 1 saturated carbocycles. The summed E-state index contributed by atoms with van der Waals surface area (Å²) < 4.78 is 19.0. The van der Waals surface area contributed by atoms with Crippen molar-refractivity contribution in [3.8, 4) is 11.1 Å². The van der Waals surface area contributed by atoms with Gasteiger partial charge in [0.25, 0.3) is 0 Å². The van der Waals surface area contributed by atoms with Gasteiger partial charge in [-0.3, -0.25) is 4.98 Å². The number of halogens is 1. The highest BCUT2D eigenvalue weighted by molar-refractivity contribution is 5.99. The van der Waals surface area contributed by atoms with Crippen molar-refractivity contribution in [3.05, 3.63) is 83.8 Å². The third-order valence-corrected chi connectivity index (χ3v) is 5.42. The Morgan fingerprint density at radius 2 is 1.86 bits per heavy atom. The Labute approximate surface area is 168 Å². The monoisotopic (exact) mass is 385 g/mol. The molecular weight excluding hydrogens is 365 g/mol. The van der Waals surface area contributed by atoms with Crippen LogP contribution in [0.2, 0.25) is 0 Å².